The quantitative estimate of drug-likeness (QED) is 0.720. The van der Waals surface area contributed by atoms with Crippen molar-refractivity contribution < 1.29 is 4.74 Å². The standard InChI is InChI=1S/C18H16ClN5O/c1-25-16-8-13(19)7-12-11-24(6-3-15(12)16)14-9-22-18(23-10-14)17-20-4-2-5-21-17/h2,4-5,7-10H,3,6,11H2,1H3. The van der Waals surface area contributed by atoms with Crippen molar-refractivity contribution >= 4 is 17.3 Å². The zero-order valence-corrected chi connectivity index (χ0v) is 14.4. The molecule has 0 radical (unpaired) electrons. The number of rotatable bonds is 3. The normalized spacial score (nSPS) is 13.4. The molecule has 0 saturated heterocycles. The third-order valence-corrected chi connectivity index (χ3v) is 4.47. The van der Waals surface area contributed by atoms with Crippen molar-refractivity contribution in [2.45, 2.75) is 13.0 Å². The molecular weight excluding hydrogens is 338 g/mol. The molecule has 0 spiro atoms. The van der Waals surface area contributed by atoms with Crippen LogP contribution in [0.2, 0.25) is 5.02 Å². The van der Waals surface area contributed by atoms with Crippen molar-refractivity contribution in [2.24, 2.45) is 0 Å². The molecule has 2 aromatic heterocycles. The predicted octanol–water partition coefficient (Wildman–Crippen LogP) is 3.16. The average molecular weight is 354 g/mol. The van der Waals surface area contributed by atoms with Crippen molar-refractivity contribution in [3.05, 3.63) is 59.1 Å². The summed E-state index contributed by atoms with van der Waals surface area (Å²) in [6.45, 7) is 1.62. The molecule has 7 heteroatoms. The van der Waals surface area contributed by atoms with Crippen molar-refractivity contribution in [1.82, 2.24) is 19.9 Å². The molecule has 1 aliphatic rings. The zero-order valence-electron chi connectivity index (χ0n) is 13.7. The first-order valence-electron chi connectivity index (χ1n) is 7.94. The van der Waals surface area contributed by atoms with Crippen LogP contribution in [0, 0.1) is 0 Å². The molecule has 3 heterocycles. The molecule has 6 nitrogen and oxygen atoms in total. The second kappa shape index (κ2) is 6.64. The number of hydrogen-bond donors (Lipinski definition) is 0. The van der Waals surface area contributed by atoms with E-state index in [4.69, 9.17) is 16.3 Å². The van der Waals surface area contributed by atoms with E-state index in [1.807, 2.05) is 24.5 Å². The lowest BCUT2D eigenvalue weighted by atomic mass is 9.98. The molecule has 126 valence electrons. The van der Waals surface area contributed by atoms with Gasteiger partial charge in [-0.1, -0.05) is 11.6 Å². The summed E-state index contributed by atoms with van der Waals surface area (Å²) in [5.41, 5.74) is 3.36. The Hall–Kier alpha value is -2.73. The SMILES string of the molecule is COc1cc(Cl)cc2c1CCN(c1cnc(-c3ncccn3)nc1)C2. The van der Waals surface area contributed by atoms with Crippen LogP contribution < -0.4 is 9.64 Å². The van der Waals surface area contributed by atoms with E-state index < -0.39 is 0 Å². The van der Waals surface area contributed by atoms with Crippen LogP contribution in [-0.2, 0) is 13.0 Å². The highest BCUT2D eigenvalue weighted by atomic mass is 35.5. The van der Waals surface area contributed by atoms with Crippen LogP contribution in [0.4, 0.5) is 5.69 Å². The minimum absolute atomic E-state index is 0.520. The molecular formula is C18H16ClN5O. The Morgan fingerprint density at radius 2 is 1.76 bits per heavy atom. The minimum atomic E-state index is 0.520. The molecule has 0 N–H and O–H groups in total. The lowest BCUT2D eigenvalue weighted by Gasteiger charge is -2.31. The number of halogens is 1. The van der Waals surface area contributed by atoms with E-state index in [1.54, 1.807) is 25.6 Å². The maximum absolute atomic E-state index is 6.21. The number of aromatic nitrogens is 4. The predicted molar refractivity (Wildman–Crippen MR) is 95.8 cm³/mol. The molecule has 1 aromatic carbocycles. The molecule has 1 aliphatic heterocycles. The molecule has 25 heavy (non-hydrogen) atoms. The first kappa shape index (κ1) is 15.8. The van der Waals surface area contributed by atoms with Crippen LogP contribution >= 0.6 is 11.6 Å². The van der Waals surface area contributed by atoms with Gasteiger partial charge in [0, 0.05) is 36.1 Å². The number of ether oxygens (including phenoxy) is 1. The Balaban J connectivity index is 1.59. The zero-order chi connectivity index (χ0) is 17.2. The highest BCUT2D eigenvalue weighted by Gasteiger charge is 2.21. The van der Waals surface area contributed by atoms with Crippen LogP contribution in [-0.4, -0.2) is 33.6 Å². The van der Waals surface area contributed by atoms with Gasteiger partial charge in [-0.25, -0.2) is 19.9 Å². The van der Waals surface area contributed by atoms with Gasteiger partial charge in [0.25, 0.3) is 0 Å². The fourth-order valence-corrected chi connectivity index (χ4v) is 3.27. The monoisotopic (exact) mass is 353 g/mol. The highest BCUT2D eigenvalue weighted by Crippen LogP contribution is 2.33. The Labute approximate surface area is 150 Å². The minimum Gasteiger partial charge on any atom is -0.496 e. The van der Waals surface area contributed by atoms with Gasteiger partial charge in [0.1, 0.15) is 5.75 Å². The summed E-state index contributed by atoms with van der Waals surface area (Å²) in [6, 6.07) is 5.63. The average Bonchev–Trinajstić information content (AvgIpc) is 2.67. The summed E-state index contributed by atoms with van der Waals surface area (Å²) in [6.07, 6.45) is 7.87. The largest absolute Gasteiger partial charge is 0.496 e. The van der Waals surface area contributed by atoms with E-state index in [-0.39, 0.29) is 0 Å². The molecule has 0 aliphatic carbocycles. The van der Waals surface area contributed by atoms with Crippen molar-refractivity contribution in [1.29, 1.82) is 0 Å². The van der Waals surface area contributed by atoms with E-state index >= 15 is 0 Å². The second-order valence-electron chi connectivity index (χ2n) is 5.75. The third-order valence-electron chi connectivity index (χ3n) is 4.25. The fraction of sp³-hybridized carbons (Fsp3) is 0.222. The summed E-state index contributed by atoms with van der Waals surface area (Å²) < 4.78 is 5.46. The lowest BCUT2D eigenvalue weighted by molar-refractivity contribution is 0.407. The number of methoxy groups -OCH3 is 1. The molecule has 0 saturated carbocycles. The van der Waals surface area contributed by atoms with Crippen molar-refractivity contribution in [2.75, 3.05) is 18.6 Å². The first-order valence-corrected chi connectivity index (χ1v) is 8.32. The van der Waals surface area contributed by atoms with Gasteiger partial charge in [-0.2, -0.15) is 0 Å². The van der Waals surface area contributed by atoms with Crippen LogP contribution in [0.3, 0.4) is 0 Å². The maximum atomic E-state index is 6.21. The molecule has 0 amide bonds. The Bertz CT molecular complexity index is 886. The van der Waals surface area contributed by atoms with Gasteiger partial charge >= 0.3 is 0 Å². The van der Waals surface area contributed by atoms with Crippen molar-refractivity contribution in [3.8, 4) is 17.4 Å². The summed E-state index contributed by atoms with van der Waals surface area (Å²) >= 11 is 6.21. The van der Waals surface area contributed by atoms with Crippen molar-refractivity contribution in [3.63, 3.8) is 0 Å². The Morgan fingerprint density at radius 1 is 1.04 bits per heavy atom. The summed E-state index contributed by atoms with van der Waals surface area (Å²) in [4.78, 5) is 19.4. The van der Waals surface area contributed by atoms with Crippen LogP contribution in [0.15, 0.2) is 43.0 Å². The number of anilines is 1. The van der Waals surface area contributed by atoms with E-state index in [0.717, 1.165) is 30.9 Å². The highest BCUT2D eigenvalue weighted by molar-refractivity contribution is 6.30. The van der Waals surface area contributed by atoms with E-state index in [9.17, 15) is 0 Å². The number of hydrogen-bond acceptors (Lipinski definition) is 6. The molecule has 4 rings (SSSR count). The molecule has 0 unspecified atom stereocenters. The van der Waals surface area contributed by atoms with Crippen LogP contribution in [0.25, 0.3) is 11.6 Å². The van der Waals surface area contributed by atoms with Gasteiger partial charge < -0.3 is 9.64 Å². The van der Waals surface area contributed by atoms with Gasteiger partial charge in [-0.3, -0.25) is 0 Å². The summed E-state index contributed by atoms with van der Waals surface area (Å²) in [5, 5.41) is 0.685. The molecule has 0 bridgehead atoms. The smallest absolute Gasteiger partial charge is 0.197 e. The first-order chi connectivity index (χ1) is 12.2. The van der Waals surface area contributed by atoms with Gasteiger partial charge in [-0.05, 0) is 30.2 Å². The molecule has 0 fully saturated rings. The number of benzene rings is 1. The maximum Gasteiger partial charge on any atom is 0.197 e. The topological polar surface area (TPSA) is 64.0 Å². The van der Waals surface area contributed by atoms with E-state index in [0.29, 0.717) is 16.7 Å². The fourth-order valence-electron chi connectivity index (χ4n) is 3.04. The van der Waals surface area contributed by atoms with Gasteiger partial charge in [0.15, 0.2) is 11.6 Å². The second-order valence-corrected chi connectivity index (χ2v) is 6.19. The summed E-state index contributed by atoms with van der Waals surface area (Å²) in [7, 11) is 1.68. The van der Waals surface area contributed by atoms with E-state index in [2.05, 4.69) is 24.8 Å². The molecule has 3 aromatic rings. The Morgan fingerprint density at radius 3 is 2.48 bits per heavy atom. The van der Waals surface area contributed by atoms with Gasteiger partial charge in [-0.15, -0.1) is 0 Å². The lowest BCUT2D eigenvalue weighted by Crippen LogP contribution is -2.30. The van der Waals surface area contributed by atoms with E-state index in [1.165, 1.54) is 11.1 Å². The number of nitrogens with zero attached hydrogens (tertiary/aromatic N) is 5. The number of fused-ring (bicyclic) bond motifs is 1. The molecule has 0 atom stereocenters. The van der Waals surface area contributed by atoms with Crippen LogP contribution in [0.5, 0.6) is 5.75 Å². The third kappa shape index (κ3) is 3.13. The van der Waals surface area contributed by atoms with Gasteiger partial charge in [0.2, 0.25) is 0 Å². The van der Waals surface area contributed by atoms with Crippen LogP contribution in [0.1, 0.15) is 11.1 Å². The summed E-state index contributed by atoms with van der Waals surface area (Å²) in [5.74, 6) is 1.90. The van der Waals surface area contributed by atoms with Gasteiger partial charge in [0.05, 0.1) is 25.2 Å². The Kier molecular flexibility index (Phi) is 4.19.